The minimum absolute atomic E-state index is 0. The van der Waals surface area contributed by atoms with Crippen LogP contribution in [0.25, 0.3) is 0 Å². The van der Waals surface area contributed by atoms with Crippen LogP contribution in [-0.2, 0) is 11.3 Å². The summed E-state index contributed by atoms with van der Waals surface area (Å²) < 4.78 is 0. The summed E-state index contributed by atoms with van der Waals surface area (Å²) in [6.45, 7) is 3.70. The first-order valence-electron chi connectivity index (χ1n) is 10.7. The zero-order valence-corrected chi connectivity index (χ0v) is 18.1. The van der Waals surface area contributed by atoms with Crippen molar-refractivity contribution < 1.29 is 9.59 Å². The van der Waals surface area contributed by atoms with Crippen LogP contribution in [-0.4, -0.2) is 71.9 Å². The Morgan fingerprint density at radius 2 is 1.62 bits per heavy atom. The number of likely N-dealkylation sites (tertiary alicyclic amines) is 2. The molecule has 0 radical (unpaired) electrons. The number of benzene rings is 1. The van der Waals surface area contributed by atoms with Gasteiger partial charge in [0.1, 0.15) is 0 Å². The first-order valence-corrected chi connectivity index (χ1v) is 10.7. The topological polar surface area (TPSA) is 55.9 Å². The molecule has 3 saturated heterocycles. The van der Waals surface area contributed by atoms with Crippen molar-refractivity contribution in [3.63, 3.8) is 0 Å². The fourth-order valence-corrected chi connectivity index (χ4v) is 4.89. The van der Waals surface area contributed by atoms with Crippen LogP contribution in [0.4, 0.5) is 4.79 Å². The molecule has 1 aromatic rings. The Bertz CT molecular complexity index is 693. The lowest BCUT2D eigenvalue weighted by Crippen LogP contribution is -2.49. The van der Waals surface area contributed by atoms with Crippen molar-refractivity contribution in [2.45, 2.75) is 50.7 Å². The fraction of sp³-hybridized carbons (Fsp3) is 0.636. The van der Waals surface area contributed by atoms with Gasteiger partial charge in [0.15, 0.2) is 0 Å². The van der Waals surface area contributed by atoms with E-state index in [0.29, 0.717) is 37.6 Å². The van der Waals surface area contributed by atoms with Crippen LogP contribution in [0.2, 0.25) is 0 Å². The number of urea groups is 1. The molecule has 2 atom stereocenters. The molecule has 0 aliphatic carbocycles. The van der Waals surface area contributed by atoms with E-state index in [1.165, 1.54) is 12.8 Å². The molecule has 3 amide bonds. The van der Waals surface area contributed by atoms with Crippen molar-refractivity contribution in [3.05, 3.63) is 35.9 Å². The quantitative estimate of drug-likeness (QED) is 0.817. The third-order valence-corrected chi connectivity index (χ3v) is 6.54. The van der Waals surface area contributed by atoms with Crippen molar-refractivity contribution in [1.82, 2.24) is 20.0 Å². The molecule has 6 nitrogen and oxygen atoms in total. The highest BCUT2D eigenvalue weighted by molar-refractivity contribution is 5.85. The third-order valence-electron chi connectivity index (χ3n) is 6.54. The van der Waals surface area contributed by atoms with Gasteiger partial charge < -0.3 is 20.0 Å². The minimum Gasteiger partial charge on any atom is -0.341 e. The molecule has 7 heteroatoms. The molecular weight excluding hydrogens is 388 g/mol. The van der Waals surface area contributed by atoms with Crippen LogP contribution in [0.15, 0.2) is 30.3 Å². The van der Waals surface area contributed by atoms with E-state index in [-0.39, 0.29) is 24.4 Å². The number of nitrogens with zero attached hydrogens (tertiary/aromatic N) is 3. The smallest absolute Gasteiger partial charge is 0.320 e. The summed E-state index contributed by atoms with van der Waals surface area (Å²) in [6.07, 6.45) is 5.08. The summed E-state index contributed by atoms with van der Waals surface area (Å²) in [4.78, 5) is 31.5. The monoisotopic (exact) mass is 420 g/mol. The van der Waals surface area contributed by atoms with Gasteiger partial charge in [0, 0.05) is 57.8 Å². The SMILES string of the molecule is CN(Cc1ccccc1)C(=O)N1CCC(C(=O)N2CCC3CCC(C2)N3)CC1.Cl. The van der Waals surface area contributed by atoms with Crippen molar-refractivity contribution in [1.29, 1.82) is 0 Å². The molecule has 0 saturated carbocycles. The zero-order chi connectivity index (χ0) is 19.5. The van der Waals surface area contributed by atoms with E-state index in [0.717, 1.165) is 37.9 Å². The fourth-order valence-electron chi connectivity index (χ4n) is 4.89. The number of halogens is 1. The van der Waals surface area contributed by atoms with E-state index in [4.69, 9.17) is 0 Å². The summed E-state index contributed by atoms with van der Waals surface area (Å²) in [5, 5.41) is 3.64. The molecule has 3 heterocycles. The Labute approximate surface area is 180 Å². The standard InChI is InChI=1S/C22H32N4O2.ClH/c1-24(15-17-5-3-2-4-6-17)22(28)25-12-9-18(10-13-25)21(27)26-14-11-19-7-8-20(16-26)23-19;/h2-6,18-20,23H,7-16H2,1H3;1H. The normalized spacial score (nSPS) is 24.6. The van der Waals surface area contributed by atoms with Gasteiger partial charge in [-0.05, 0) is 37.7 Å². The summed E-state index contributed by atoms with van der Waals surface area (Å²) in [7, 11) is 1.85. The van der Waals surface area contributed by atoms with Crippen molar-refractivity contribution in [2.24, 2.45) is 5.92 Å². The number of nitrogens with one attached hydrogen (secondary N) is 1. The minimum atomic E-state index is 0. The second kappa shape index (κ2) is 9.81. The van der Waals surface area contributed by atoms with Gasteiger partial charge in [-0.25, -0.2) is 4.79 Å². The van der Waals surface area contributed by atoms with Crippen LogP contribution >= 0.6 is 12.4 Å². The van der Waals surface area contributed by atoms with Gasteiger partial charge in [-0.3, -0.25) is 4.79 Å². The molecule has 160 valence electrons. The van der Waals surface area contributed by atoms with Crippen LogP contribution in [0.5, 0.6) is 0 Å². The van der Waals surface area contributed by atoms with E-state index in [1.54, 1.807) is 4.90 Å². The first kappa shape index (κ1) is 21.9. The van der Waals surface area contributed by atoms with Crippen LogP contribution in [0.3, 0.4) is 0 Å². The van der Waals surface area contributed by atoms with Crippen LogP contribution < -0.4 is 5.32 Å². The average Bonchev–Trinajstić information content (AvgIpc) is 3.06. The molecular formula is C22H33ClN4O2. The summed E-state index contributed by atoms with van der Waals surface area (Å²) in [5.41, 5.74) is 1.13. The molecule has 0 aromatic heterocycles. The Balaban J connectivity index is 0.00000240. The molecule has 3 fully saturated rings. The van der Waals surface area contributed by atoms with E-state index in [9.17, 15) is 9.59 Å². The summed E-state index contributed by atoms with van der Waals surface area (Å²) >= 11 is 0. The van der Waals surface area contributed by atoms with Gasteiger partial charge in [-0.1, -0.05) is 30.3 Å². The number of amides is 3. The molecule has 4 rings (SSSR count). The molecule has 2 unspecified atom stereocenters. The lowest BCUT2D eigenvalue weighted by Gasteiger charge is -2.36. The van der Waals surface area contributed by atoms with Gasteiger partial charge in [0.05, 0.1) is 0 Å². The van der Waals surface area contributed by atoms with Crippen molar-refractivity contribution in [3.8, 4) is 0 Å². The molecule has 0 spiro atoms. The molecule has 3 aliphatic rings. The molecule has 29 heavy (non-hydrogen) atoms. The lowest BCUT2D eigenvalue weighted by molar-refractivity contribution is -0.137. The van der Waals surface area contributed by atoms with Crippen LogP contribution in [0.1, 0.15) is 37.7 Å². The molecule has 3 aliphatic heterocycles. The van der Waals surface area contributed by atoms with Gasteiger partial charge in [0.2, 0.25) is 5.91 Å². The molecule has 2 bridgehead atoms. The number of carbonyl (C=O) groups excluding carboxylic acids is 2. The second-order valence-electron chi connectivity index (χ2n) is 8.60. The number of fused-ring (bicyclic) bond motifs is 2. The zero-order valence-electron chi connectivity index (χ0n) is 17.3. The highest BCUT2D eigenvalue weighted by Crippen LogP contribution is 2.25. The highest BCUT2D eigenvalue weighted by atomic mass is 35.5. The lowest BCUT2D eigenvalue weighted by atomic mass is 9.94. The average molecular weight is 421 g/mol. The Kier molecular flexibility index (Phi) is 7.41. The second-order valence-corrected chi connectivity index (χ2v) is 8.60. The number of hydrogen-bond donors (Lipinski definition) is 1. The van der Waals surface area contributed by atoms with Crippen molar-refractivity contribution >= 4 is 24.3 Å². The third kappa shape index (κ3) is 5.23. The number of piperidine rings is 1. The Hall–Kier alpha value is -1.79. The summed E-state index contributed by atoms with van der Waals surface area (Å²) in [6, 6.07) is 11.2. The number of rotatable bonds is 3. The largest absolute Gasteiger partial charge is 0.341 e. The number of hydrogen-bond acceptors (Lipinski definition) is 3. The van der Waals surface area contributed by atoms with Gasteiger partial charge >= 0.3 is 6.03 Å². The predicted octanol–water partition coefficient (Wildman–Crippen LogP) is 2.73. The Morgan fingerprint density at radius 3 is 2.34 bits per heavy atom. The van der Waals surface area contributed by atoms with E-state index < -0.39 is 0 Å². The summed E-state index contributed by atoms with van der Waals surface area (Å²) in [5.74, 6) is 0.374. The molecule has 1 N–H and O–H groups in total. The maximum Gasteiger partial charge on any atom is 0.320 e. The maximum atomic E-state index is 13.0. The van der Waals surface area contributed by atoms with E-state index in [2.05, 4.69) is 10.2 Å². The Morgan fingerprint density at radius 1 is 0.966 bits per heavy atom. The van der Waals surface area contributed by atoms with E-state index in [1.807, 2.05) is 42.3 Å². The van der Waals surface area contributed by atoms with E-state index >= 15 is 0 Å². The van der Waals surface area contributed by atoms with Gasteiger partial charge in [-0.15, -0.1) is 12.4 Å². The van der Waals surface area contributed by atoms with Gasteiger partial charge in [-0.2, -0.15) is 0 Å². The maximum absolute atomic E-state index is 13.0. The van der Waals surface area contributed by atoms with Gasteiger partial charge in [0.25, 0.3) is 0 Å². The number of carbonyl (C=O) groups is 2. The van der Waals surface area contributed by atoms with Crippen LogP contribution in [0, 0.1) is 5.92 Å². The molecule has 1 aromatic carbocycles. The predicted molar refractivity (Wildman–Crippen MR) is 116 cm³/mol. The van der Waals surface area contributed by atoms with Crippen molar-refractivity contribution in [2.75, 3.05) is 33.2 Å². The first-order chi connectivity index (χ1) is 13.6. The highest BCUT2D eigenvalue weighted by Gasteiger charge is 2.35.